The van der Waals surface area contributed by atoms with Crippen LogP contribution < -0.4 is 0 Å². The van der Waals surface area contributed by atoms with Crippen molar-refractivity contribution in [3.05, 3.63) is 24.3 Å². The van der Waals surface area contributed by atoms with Crippen molar-refractivity contribution in [3.8, 4) is 0 Å². The predicted octanol–water partition coefficient (Wildman–Crippen LogP) is 2.74. The molecule has 11 heavy (non-hydrogen) atoms. The molecule has 1 unspecified atom stereocenters. The molecule has 0 saturated carbocycles. The van der Waals surface area contributed by atoms with E-state index in [9.17, 15) is 0 Å². The summed E-state index contributed by atoms with van der Waals surface area (Å²) in [4.78, 5) is 4.36. The summed E-state index contributed by atoms with van der Waals surface area (Å²) in [5, 5.41) is 0. The van der Waals surface area contributed by atoms with E-state index >= 15 is 0 Å². The highest BCUT2D eigenvalue weighted by atomic mass is 14.8. The largest absolute Gasteiger partial charge is 0.286 e. The average Bonchev–Trinajstić information content (AvgIpc) is 2.28. The van der Waals surface area contributed by atoms with Gasteiger partial charge in [0.15, 0.2) is 0 Å². The van der Waals surface area contributed by atoms with E-state index in [1.54, 1.807) is 0 Å². The Morgan fingerprint density at radius 2 is 2.18 bits per heavy atom. The van der Waals surface area contributed by atoms with E-state index in [2.05, 4.69) is 24.1 Å². The fourth-order valence-electron chi connectivity index (χ4n) is 1.10. The first kappa shape index (κ1) is 8.25. The molecule has 0 fully saturated rings. The van der Waals surface area contributed by atoms with Crippen molar-refractivity contribution >= 4 is 6.21 Å². The second-order valence-electron chi connectivity index (χ2n) is 2.78. The lowest BCUT2D eigenvalue weighted by molar-refractivity contribution is 0.659. The second-order valence-corrected chi connectivity index (χ2v) is 2.78. The Labute approximate surface area is 68.5 Å². The minimum absolute atomic E-state index is 0.421. The van der Waals surface area contributed by atoms with Crippen LogP contribution in [0.5, 0.6) is 0 Å². The molecule has 0 aromatic rings. The smallest absolute Gasteiger partial charge is 0.0682 e. The van der Waals surface area contributed by atoms with Crippen LogP contribution in [0.3, 0.4) is 0 Å². The van der Waals surface area contributed by atoms with Crippen LogP contribution in [-0.2, 0) is 0 Å². The van der Waals surface area contributed by atoms with E-state index in [1.807, 2.05) is 18.4 Å². The Hall–Kier alpha value is -0.850. The molecule has 0 N–H and O–H groups in total. The number of rotatable bonds is 3. The van der Waals surface area contributed by atoms with E-state index in [1.165, 1.54) is 19.3 Å². The van der Waals surface area contributed by atoms with Crippen molar-refractivity contribution in [1.29, 1.82) is 0 Å². The molecule has 0 aromatic heterocycles. The fourth-order valence-corrected chi connectivity index (χ4v) is 1.10. The fraction of sp³-hybridized carbons (Fsp3) is 0.500. The molecule has 0 bridgehead atoms. The zero-order valence-corrected chi connectivity index (χ0v) is 7.03. The summed E-state index contributed by atoms with van der Waals surface area (Å²) >= 11 is 0. The van der Waals surface area contributed by atoms with Crippen molar-refractivity contribution in [3.63, 3.8) is 0 Å². The first-order valence-corrected chi connectivity index (χ1v) is 4.30. The number of hydrogen-bond acceptors (Lipinski definition) is 1. The van der Waals surface area contributed by atoms with Gasteiger partial charge in [-0.15, -0.1) is 0 Å². The van der Waals surface area contributed by atoms with Crippen LogP contribution in [0, 0.1) is 0 Å². The molecule has 1 heteroatoms. The van der Waals surface area contributed by atoms with Crippen LogP contribution in [0.1, 0.15) is 26.2 Å². The maximum atomic E-state index is 4.36. The lowest BCUT2D eigenvalue weighted by Crippen LogP contribution is -1.98. The van der Waals surface area contributed by atoms with Crippen molar-refractivity contribution in [2.24, 2.45) is 4.99 Å². The van der Waals surface area contributed by atoms with E-state index in [4.69, 9.17) is 0 Å². The Balaban J connectivity index is 2.34. The third-order valence-electron chi connectivity index (χ3n) is 1.77. The van der Waals surface area contributed by atoms with Gasteiger partial charge in [-0.2, -0.15) is 0 Å². The molecule has 60 valence electrons. The molecule has 0 aliphatic carbocycles. The third-order valence-corrected chi connectivity index (χ3v) is 1.77. The van der Waals surface area contributed by atoms with Crippen molar-refractivity contribution in [2.45, 2.75) is 32.2 Å². The normalized spacial score (nSPS) is 22.1. The monoisotopic (exact) mass is 149 g/mol. The molecule has 0 aromatic carbocycles. The van der Waals surface area contributed by atoms with Gasteiger partial charge in [0.25, 0.3) is 0 Å². The summed E-state index contributed by atoms with van der Waals surface area (Å²) in [5.41, 5.74) is 0. The van der Waals surface area contributed by atoms with Gasteiger partial charge in [-0.05, 0) is 12.5 Å². The maximum absolute atomic E-state index is 4.36. The summed E-state index contributed by atoms with van der Waals surface area (Å²) in [6.45, 7) is 2.21. The van der Waals surface area contributed by atoms with Crippen LogP contribution >= 0.6 is 0 Å². The number of aliphatic imine (C=N–C) groups is 1. The summed E-state index contributed by atoms with van der Waals surface area (Å²) in [6, 6.07) is 0.421. The van der Waals surface area contributed by atoms with Crippen molar-refractivity contribution < 1.29 is 0 Å². The molecule has 1 heterocycles. The van der Waals surface area contributed by atoms with Gasteiger partial charge >= 0.3 is 0 Å². The van der Waals surface area contributed by atoms with Crippen LogP contribution in [0.4, 0.5) is 0 Å². The molecule has 0 amide bonds. The SMILES string of the molecule is CCCCC1C=CC=CC=N1. The summed E-state index contributed by atoms with van der Waals surface area (Å²) in [7, 11) is 0. The number of unbranched alkanes of at least 4 members (excludes halogenated alkanes) is 1. The highest BCUT2D eigenvalue weighted by Gasteiger charge is 1.99. The topological polar surface area (TPSA) is 12.4 Å². The molecule has 1 aliphatic heterocycles. The summed E-state index contributed by atoms with van der Waals surface area (Å²) < 4.78 is 0. The molecule has 1 atom stereocenters. The zero-order chi connectivity index (χ0) is 7.94. The number of nitrogens with zero attached hydrogens (tertiary/aromatic N) is 1. The van der Waals surface area contributed by atoms with Gasteiger partial charge in [0.1, 0.15) is 0 Å². The highest BCUT2D eigenvalue weighted by molar-refractivity contribution is 5.72. The molecular weight excluding hydrogens is 134 g/mol. The summed E-state index contributed by atoms with van der Waals surface area (Å²) in [5.74, 6) is 0. The lowest BCUT2D eigenvalue weighted by Gasteiger charge is -2.03. The van der Waals surface area contributed by atoms with E-state index in [0.29, 0.717) is 6.04 Å². The molecule has 0 saturated heterocycles. The van der Waals surface area contributed by atoms with Gasteiger partial charge in [0.2, 0.25) is 0 Å². The van der Waals surface area contributed by atoms with Gasteiger partial charge in [0.05, 0.1) is 6.04 Å². The Kier molecular flexibility index (Phi) is 3.67. The number of allylic oxidation sites excluding steroid dienone is 3. The van der Waals surface area contributed by atoms with Gasteiger partial charge in [-0.25, -0.2) is 0 Å². The van der Waals surface area contributed by atoms with Crippen LogP contribution in [0.2, 0.25) is 0 Å². The van der Waals surface area contributed by atoms with Crippen LogP contribution in [0.25, 0.3) is 0 Å². The number of hydrogen-bond donors (Lipinski definition) is 0. The predicted molar refractivity (Wildman–Crippen MR) is 50.1 cm³/mol. The Bertz CT molecular complexity index is 161. The van der Waals surface area contributed by atoms with Crippen LogP contribution in [-0.4, -0.2) is 12.3 Å². The Morgan fingerprint density at radius 3 is 3.00 bits per heavy atom. The first-order valence-electron chi connectivity index (χ1n) is 4.30. The van der Waals surface area contributed by atoms with Crippen molar-refractivity contribution in [1.82, 2.24) is 0 Å². The van der Waals surface area contributed by atoms with E-state index in [-0.39, 0.29) is 0 Å². The summed E-state index contributed by atoms with van der Waals surface area (Å²) in [6.07, 6.45) is 13.8. The Morgan fingerprint density at radius 1 is 1.27 bits per heavy atom. The van der Waals surface area contributed by atoms with Gasteiger partial charge < -0.3 is 0 Å². The standard InChI is InChI=1S/C10H15N/c1-2-3-7-10-8-5-4-6-9-11-10/h4-6,8-10H,2-3,7H2,1H3. The van der Waals surface area contributed by atoms with Crippen molar-refractivity contribution in [2.75, 3.05) is 0 Å². The van der Waals surface area contributed by atoms with E-state index < -0.39 is 0 Å². The van der Waals surface area contributed by atoms with Gasteiger partial charge in [-0.1, -0.05) is 38.0 Å². The van der Waals surface area contributed by atoms with E-state index in [0.717, 1.165) is 0 Å². The third kappa shape index (κ3) is 3.17. The minimum atomic E-state index is 0.421. The molecular formula is C10H15N. The lowest BCUT2D eigenvalue weighted by atomic mass is 10.1. The molecule has 1 nitrogen and oxygen atoms in total. The zero-order valence-electron chi connectivity index (χ0n) is 7.03. The molecule has 0 radical (unpaired) electrons. The van der Waals surface area contributed by atoms with Crippen LogP contribution in [0.15, 0.2) is 29.3 Å². The maximum Gasteiger partial charge on any atom is 0.0682 e. The first-order chi connectivity index (χ1) is 5.43. The molecule has 0 spiro atoms. The quantitative estimate of drug-likeness (QED) is 0.585. The molecule has 1 aliphatic rings. The minimum Gasteiger partial charge on any atom is -0.286 e. The van der Waals surface area contributed by atoms with Gasteiger partial charge in [-0.3, -0.25) is 4.99 Å². The second kappa shape index (κ2) is 4.89. The molecule has 1 rings (SSSR count). The van der Waals surface area contributed by atoms with Gasteiger partial charge in [0, 0.05) is 6.21 Å². The average molecular weight is 149 g/mol. The highest BCUT2D eigenvalue weighted by Crippen LogP contribution is 2.07.